The van der Waals surface area contributed by atoms with Crippen molar-refractivity contribution in [2.24, 2.45) is 0 Å². The lowest BCUT2D eigenvalue weighted by atomic mass is 10.2. The maximum atomic E-state index is 13.6. The molecule has 0 aliphatic rings. The molecule has 0 atom stereocenters. The molecule has 0 N–H and O–H groups in total. The van der Waals surface area contributed by atoms with Crippen molar-refractivity contribution in [3.05, 3.63) is 68.5 Å². The molecule has 0 aliphatic carbocycles. The maximum Gasteiger partial charge on any atom is 0.311 e. The molecule has 7 heteroatoms. The molecule has 2 aromatic carbocycles. The maximum absolute atomic E-state index is 13.6. The molecule has 2 aromatic rings. The fourth-order valence-electron chi connectivity index (χ4n) is 1.67. The molecule has 0 aromatic heterocycles. The van der Waals surface area contributed by atoms with Gasteiger partial charge in [-0.1, -0.05) is 17.7 Å². The molecule has 0 saturated carbocycles. The van der Waals surface area contributed by atoms with Crippen LogP contribution in [0.3, 0.4) is 0 Å². The summed E-state index contributed by atoms with van der Waals surface area (Å²) in [6.45, 7) is -0.190. The van der Waals surface area contributed by atoms with Gasteiger partial charge in [0.1, 0.15) is 18.7 Å². The molecule has 108 valence electrons. The Kier molecular flexibility index (Phi) is 4.49. The standard InChI is InChI=1S/C14H9ClFNO4/c15-11-3-2-10(12(16)6-11)8-21-14-4-1-9(7-18)5-13(14)17(19)20/h1-7H,8H2. The van der Waals surface area contributed by atoms with Crippen molar-refractivity contribution < 1.29 is 18.8 Å². The van der Waals surface area contributed by atoms with Crippen LogP contribution in [0.5, 0.6) is 5.75 Å². The van der Waals surface area contributed by atoms with E-state index in [4.69, 9.17) is 16.3 Å². The van der Waals surface area contributed by atoms with E-state index >= 15 is 0 Å². The molecular formula is C14H9ClFNO4. The highest BCUT2D eigenvalue weighted by Crippen LogP contribution is 2.28. The highest BCUT2D eigenvalue weighted by molar-refractivity contribution is 6.30. The third-order valence-electron chi connectivity index (χ3n) is 2.71. The summed E-state index contributed by atoms with van der Waals surface area (Å²) in [7, 11) is 0. The predicted octanol–water partition coefficient (Wildman–Crippen LogP) is 3.78. The van der Waals surface area contributed by atoms with Crippen LogP contribution in [0.4, 0.5) is 10.1 Å². The number of rotatable bonds is 5. The second kappa shape index (κ2) is 6.32. The third kappa shape index (κ3) is 3.55. The molecule has 0 saturated heterocycles. The molecule has 0 fully saturated rings. The first-order chi connectivity index (χ1) is 10.0. The van der Waals surface area contributed by atoms with Crippen molar-refractivity contribution in [1.29, 1.82) is 0 Å². The number of benzene rings is 2. The van der Waals surface area contributed by atoms with E-state index in [1.165, 1.54) is 24.3 Å². The topological polar surface area (TPSA) is 69.4 Å². The number of nitro groups is 1. The number of nitrogens with zero attached hydrogens (tertiary/aromatic N) is 1. The van der Waals surface area contributed by atoms with Gasteiger partial charge in [-0.25, -0.2) is 4.39 Å². The Balaban J connectivity index is 2.23. The number of hydrogen-bond acceptors (Lipinski definition) is 4. The number of nitro benzene ring substituents is 1. The lowest BCUT2D eigenvalue weighted by Gasteiger charge is -2.08. The third-order valence-corrected chi connectivity index (χ3v) is 2.95. The van der Waals surface area contributed by atoms with E-state index in [2.05, 4.69) is 0 Å². The quantitative estimate of drug-likeness (QED) is 0.479. The number of ether oxygens (including phenoxy) is 1. The van der Waals surface area contributed by atoms with Crippen molar-refractivity contribution in [3.8, 4) is 5.75 Å². The molecule has 21 heavy (non-hydrogen) atoms. The zero-order valence-electron chi connectivity index (χ0n) is 10.6. The summed E-state index contributed by atoms with van der Waals surface area (Å²) in [5.74, 6) is -0.602. The minimum absolute atomic E-state index is 0.0417. The highest BCUT2D eigenvalue weighted by atomic mass is 35.5. The summed E-state index contributed by atoms with van der Waals surface area (Å²) >= 11 is 5.63. The van der Waals surface area contributed by atoms with Gasteiger partial charge in [0.25, 0.3) is 0 Å². The SMILES string of the molecule is O=Cc1ccc(OCc2ccc(Cl)cc2F)c([N+](=O)[O-])c1. The van der Waals surface area contributed by atoms with Crippen molar-refractivity contribution in [2.45, 2.75) is 6.61 Å². The molecule has 0 radical (unpaired) electrons. The Hall–Kier alpha value is -2.47. The van der Waals surface area contributed by atoms with Crippen LogP contribution in [-0.4, -0.2) is 11.2 Å². The van der Waals surface area contributed by atoms with Crippen LogP contribution < -0.4 is 4.74 Å². The number of aldehydes is 1. The van der Waals surface area contributed by atoms with Gasteiger partial charge in [-0.15, -0.1) is 0 Å². The van der Waals surface area contributed by atoms with Gasteiger partial charge in [0.15, 0.2) is 5.75 Å². The second-order valence-corrected chi connectivity index (χ2v) is 4.56. The lowest BCUT2D eigenvalue weighted by Crippen LogP contribution is -2.01. The summed E-state index contributed by atoms with van der Waals surface area (Å²) in [5, 5.41) is 11.2. The summed E-state index contributed by atoms with van der Waals surface area (Å²) in [4.78, 5) is 20.9. The first kappa shape index (κ1) is 14.9. The number of hydrogen-bond donors (Lipinski definition) is 0. The Morgan fingerprint density at radius 1 is 1.29 bits per heavy atom. The summed E-state index contributed by atoms with van der Waals surface area (Å²) in [5.41, 5.74) is 0.0221. The van der Waals surface area contributed by atoms with E-state index < -0.39 is 10.7 Å². The largest absolute Gasteiger partial charge is 0.482 e. The second-order valence-electron chi connectivity index (χ2n) is 4.13. The zero-order valence-corrected chi connectivity index (χ0v) is 11.3. The van der Waals surface area contributed by atoms with Gasteiger partial charge in [0, 0.05) is 22.2 Å². The van der Waals surface area contributed by atoms with Crippen molar-refractivity contribution in [3.63, 3.8) is 0 Å². The highest BCUT2D eigenvalue weighted by Gasteiger charge is 2.16. The summed E-state index contributed by atoms with van der Waals surface area (Å²) in [6, 6.07) is 7.84. The van der Waals surface area contributed by atoms with E-state index in [0.717, 1.165) is 12.1 Å². The van der Waals surface area contributed by atoms with E-state index in [1.807, 2.05) is 0 Å². The molecule has 2 rings (SSSR count). The Bertz CT molecular complexity index is 705. The minimum Gasteiger partial charge on any atom is -0.482 e. The normalized spacial score (nSPS) is 10.2. The lowest BCUT2D eigenvalue weighted by molar-refractivity contribution is -0.386. The predicted molar refractivity (Wildman–Crippen MR) is 74.2 cm³/mol. The average molecular weight is 310 g/mol. The molecule has 0 bridgehead atoms. The van der Waals surface area contributed by atoms with Crippen molar-refractivity contribution in [1.82, 2.24) is 0 Å². The van der Waals surface area contributed by atoms with E-state index in [1.54, 1.807) is 0 Å². The number of carbonyl (C=O) groups excluding carboxylic acids is 1. The monoisotopic (exact) mass is 309 g/mol. The van der Waals surface area contributed by atoms with Gasteiger partial charge in [-0.05, 0) is 24.3 Å². The van der Waals surface area contributed by atoms with Crippen molar-refractivity contribution in [2.75, 3.05) is 0 Å². The van der Waals surface area contributed by atoms with Crippen LogP contribution >= 0.6 is 11.6 Å². The van der Waals surface area contributed by atoms with Crippen LogP contribution in [0, 0.1) is 15.9 Å². The number of carbonyl (C=O) groups is 1. The van der Waals surface area contributed by atoms with E-state index in [0.29, 0.717) is 6.29 Å². The van der Waals surface area contributed by atoms with Gasteiger partial charge in [-0.3, -0.25) is 14.9 Å². The minimum atomic E-state index is -0.666. The number of halogens is 2. The van der Waals surface area contributed by atoms with E-state index in [9.17, 15) is 19.3 Å². The Labute approximate surface area is 124 Å². The first-order valence-electron chi connectivity index (χ1n) is 5.81. The zero-order chi connectivity index (χ0) is 15.4. The van der Waals surface area contributed by atoms with Gasteiger partial charge >= 0.3 is 5.69 Å². The van der Waals surface area contributed by atoms with Gasteiger partial charge in [0.2, 0.25) is 0 Å². The molecule has 0 spiro atoms. The van der Waals surface area contributed by atoms with Crippen molar-refractivity contribution >= 4 is 23.6 Å². The first-order valence-corrected chi connectivity index (χ1v) is 6.19. The van der Waals surface area contributed by atoms with Gasteiger partial charge in [-0.2, -0.15) is 0 Å². The molecule has 0 heterocycles. The fourth-order valence-corrected chi connectivity index (χ4v) is 1.83. The Morgan fingerprint density at radius 3 is 2.67 bits per heavy atom. The van der Waals surface area contributed by atoms with Crippen LogP contribution in [-0.2, 0) is 6.61 Å². The van der Waals surface area contributed by atoms with Crippen LogP contribution in [0.2, 0.25) is 5.02 Å². The molecule has 0 amide bonds. The summed E-state index contributed by atoms with van der Waals surface area (Å²) < 4.78 is 18.9. The molecule has 0 unspecified atom stereocenters. The molecular weight excluding hydrogens is 301 g/mol. The summed E-state index contributed by atoms with van der Waals surface area (Å²) in [6.07, 6.45) is 0.496. The average Bonchev–Trinajstić information content (AvgIpc) is 2.46. The smallest absolute Gasteiger partial charge is 0.311 e. The van der Waals surface area contributed by atoms with Crippen LogP contribution in [0.1, 0.15) is 15.9 Å². The van der Waals surface area contributed by atoms with Gasteiger partial charge < -0.3 is 4.74 Å². The van der Waals surface area contributed by atoms with E-state index in [-0.39, 0.29) is 34.2 Å². The Morgan fingerprint density at radius 2 is 2.05 bits per heavy atom. The fraction of sp³-hybridized carbons (Fsp3) is 0.0714. The molecule has 0 aliphatic heterocycles. The van der Waals surface area contributed by atoms with Gasteiger partial charge in [0.05, 0.1) is 4.92 Å². The van der Waals surface area contributed by atoms with Crippen LogP contribution in [0.25, 0.3) is 0 Å². The molecule has 5 nitrogen and oxygen atoms in total. The van der Waals surface area contributed by atoms with Crippen LogP contribution in [0.15, 0.2) is 36.4 Å².